The van der Waals surface area contributed by atoms with Gasteiger partial charge in [0.1, 0.15) is 0 Å². The number of carbonyl (C=O) groups excluding carboxylic acids is 1. The maximum atomic E-state index is 11.7. The third-order valence-electron chi connectivity index (χ3n) is 2.53. The molecular formula is C15H20N2O. The van der Waals surface area contributed by atoms with Gasteiger partial charge in [0, 0.05) is 11.8 Å². The Labute approximate surface area is 109 Å². The Balaban J connectivity index is 2.71. The molecule has 0 atom stereocenters. The van der Waals surface area contributed by atoms with Gasteiger partial charge in [-0.1, -0.05) is 39.0 Å². The molecule has 0 bridgehead atoms. The molecule has 96 valence electrons. The van der Waals surface area contributed by atoms with Crippen molar-refractivity contribution in [2.45, 2.75) is 33.1 Å². The lowest BCUT2D eigenvalue weighted by Gasteiger charge is -2.18. The van der Waals surface area contributed by atoms with Gasteiger partial charge in [0.25, 0.3) is 5.91 Å². The number of hydrogen-bond donors (Lipinski definition) is 1. The molecule has 0 heterocycles. The van der Waals surface area contributed by atoms with Crippen LogP contribution in [-0.2, 0) is 5.41 Å². The Hall–Kier alpha value is -1.90. The molecule has 1 aromatic carbocycles. The molecular weight excluding hydrogens is 224 g/mol. The smallest absolute Gasteiger partial charge is 0.267 e. The van der Waals surface area contributed by atoms with Crippen molar-refractivity contribution >= 4 is 12.1 Å². The molecule has 0 fully saturated rings. The standard InChI is InChI=1S/C15H20N2O/c1-5-6-11-16-17-14(18)12-7-9-13(10-8-12)15(2,3)4/h5-11H,1-4H3,(H,17,18). The summed E-state index contributed by atoms with van der Waals surface area (Å²) in [6, 6.07) is 7.59. The van der Waals surface area contributed by atoms with Crippen LogP contribution in [0.5, 0.6) is 0 Å². The molecule has 0 aliphatic carbocycles. The number of nitrogens with one attached hydrogen (secondary N) is 1. The van der Waals surface area contributed by atoms with Crippen molar-refractivity contribution in [2.75, 3.05) is 0 Å². The maximum absolute atomic E-state index is 11.7. The number of hydrazone groups is 1. The second-order valence-corrected chi connectivity index (χ2v) is 5.07. The second kappa shape index (κ2) is 6.15. The highest BCUT2D eigenvalue weighted by molar-refractivity contribution is 5.94. The monoisotopic (exact) mass is 244 g/mol. The molecule has 0 radical (unpaired) electrons. The van der Waals surface area contributed by atoms with Crippen molar-refractivity contribution in [2.24, 2.45) is 5.10 Å². The Bertz CT molecular complexity index is 450. The first-order valence-electron chi connectivity index (χ1n) is 6.00. The molecule has 3 heteroatoms. The van der Waals surface area contributed by atoms with Crippen molar-refractivity contribution < 1.29 is 4.79 Å². The van der Waals surface area contributed by atoms with E-state index in [-0.39, 0.29) is 11.3 Å². The summed E-state index contributed by atoms with van der Waals surface area (Å²) >= 11 is 0. The predicted molar refractivity (Wildman–Crippen MR) is 75.9 cm³/mol. The number of benzene rings is 1. The van der Waals surface area contributed by atoms with Crippen LogP contribution in [0.3, 0.4) is 0 Å². The summed E-state index contributed by atoms with van der Waals surface area (Å²) in [6.07, 6.45) is 5.14. The van der Waals surface area contributed by atoms with E-state index in [1.54, 1.807) is 12.3 Å². The van der Waals surface area contributed by atoms with Crippen molar-refractivity contribution in [1.29, 1.82) is 0 Å². The highest BCUT2D eigenvalue weighted by Crippen LogP contribution is 2.22. The van der Waals surface area contributed by atoms with Crippen LogP contribution < -0.4 is 5.43 Å². The molecule has 0 aromatic heterocycles. The SMILES string of the molecule is CC=CC=NNC(=O)c1ccc(C(C)(C)C)cc1. The van der Waals surface area contributed by atoms with Gasteiger partial charge in [0.2, 0.25) is 0 Å². The first-order valence-corrected chi connectivity index (χ1v) is 6.00. The summed E-state index contributed by atoms with van der Waals surface area (Å²) in [4.78, 5) is 11.7. The molecule has 1 rings (SSSR count). The van der Waals surface area contributed by atoms with Gasteiger partial charge in [-0.15, -0.1) is 0 Å². The van der Waals surface area contributed by atoms with E-state index >= 15 is 0 Å². The fourth-order valence-corrected chi connectivity index (χ4v) is 1.41. The van der Waals surface area contributed by atoms with E-state index in [4.69, 9.17) is 0 Å². The lowest BCUT2D eigenvalue weighted by molar-refractivity contribution is 0.0955. The molecule has 3 nitrogen and oxygen atoms in total. The fraction of sp³-hybridized carbons (Fsp3) is 0.333. The third-order valence-corrected chi connectivity index (χ3v) is 2.53. The minimum atomic E-state index is -0.198. The zero-order valence-electron chi connectivity index (χ0n) is 11.4. The Morgan fingerprint density at radius 1 is 1.22 bits per heavy atom. The summed E-state index contributed by atoms with van der Waals surface area (Å²) in [5.74, 6) is -0.198. The van der Waals surface area contributed by atoms with E-state index < -0.39 is 0 Å². The number of rotatable bonds is 3. The number of nitrogens with zero attached hydrogens (tertiary/aromatic N) is 1. The number of hydrogen-bond acceptors (Lipinski definition) is 2. The van der Waals surface area contributed by atoms with E-state index in [1.165, 1.54) is 5.56 Å². The molecule has 0 aliphatic rings. The van der Waals surface area contributed by atoms with E-state index in [1.807, 2.05) is 37.3 Å². The maximum Gasteiger partial charge on any atom is 0.271 e. The molecule has 18 heavy (non-hydrogen) atoms. The highest BCUT2D eigenvalue weighted by atomic mass is 16.2. The Morgan fingerprint density at radius 2 is 1.83 bits per heavy atom. The van der Waals surface area contributed by atoms with Crippen LogP contribution in [-0.4, -0.2) is 12.1 Å². The largest absolute Gasteiger partial charge is 0.271 e. The van der Waals surface area contributed by atoms with Crippen LogP contribution >= 0.6 is 0 Å². The van der Waals surface area contributed by atoms with Crippen molar-refractivity contribution in [1.82, 2.24) is 5.43 Å². The lowest BCUT2D eigenvalue weighted by Crippen LogP contribution is -2.18. The molecule has 0 saturated heterocycles. The fourth-order valence-electron chi connectivity index (χ4n) is 1.41. The normalized spacial score (nSPS) is 12.2. The van der Waals surface area contributed by atoms with Gasteiger partial charge in [-0.2, -0.15) is 5.10 Å². The summed E-state index contributed by atoms with van der Waals surface area (Å²) in [5.41, 5.74) is 4.38. The van der Waals surface area contributed by atoms with Gasteiger partial charge in [-0.05, 0) is 36.1 Å². The molecule has 0 spiro atoms. The first-order chi connectivity index (χ1) is 8.45. The first kappa shape index (κ1) is 14.2. The quantitative estimate of drug-likeness (QED) is 0.643. The third kappa shape index (κ3) is 4.17. The molecule has 1 N–H and O–H groups in total. The molecule has 0 aliphatic heterocycles. The van der Waals surface area contributed by atoms with Gasteiger partial charge in [0.05, 0.1) is 0 Å². The number of allylic oxidation sites excluding steroid dienone is 2. The molecule has 0 unspecified atom stereocenters. The zero-order chi connectivity index (χ0) is 13.6. The van der Waals surface area contributed by atoms with Crippen LogP contribution in [0.4, 0.5) is 0 Å². The van der Waals surface area contributed by atoms with Crippen molar-refractivity contribution in [3.05, 3.63) is 47.5 Å². The molecule has 0 saturated carbocycles. The molecule has 1 aromatic rings. The Morgan fingerprint density at radius 3 is 2.33 bits per heavy atom. The van der Waals surface area contributed by atoms with Gasteiger partial charge in [0.15, 0.2) is 0 Å². The van der Waals surface area contributed by atoms with E-state index in [2.05, 4.69) is 31.3 Å². The average molecular weight is 244 g/mol. The second-order valence-electron chi connectivity index (χ2n) is 5.07. The zero-order valence-corrected chi connectivity index (χ0v) is 11.4. The number of carbonyl (C=O) groups is 1. The van der Waals surface area contributed by atoms with Gasteiger partial charge >= 0.3 is 0 Å². The van der Waals surface area contributed by atoms with Crippen molar-refractivity contribution in [3.8, 4) is 0 Å². The van der Waals surface area contributed by atoms with Crippen LogP contribution in [0.25, 0.3) is 0 Å². The number of amides is 1. The van der Waals surface area contributed by atoms with Crippen LogP contribution in [0.1, 0.15) is 43.6 Å². The van der Waals surface area contributed by atoms with Crippen LogP contribution in [0.2, 0.25) is 0 Å². The topological polar surface area (TPSA) is 41.5 Å². The van der Waals surface area contributed by atoms with Gasteiger partial charge in [-0.3, -0.25) is 4.79 Å². The minimum Gasteiger partial charge on any atom is -0.267 e. The summed E-state index contributed by atoms with van der Waals surface area (Å²) in [6.45, 7) is 8.31. The van der Waals surface area contributed by atoms with Crippen molar-refractivity contribution in [3.63, 3.8) is 0 Å². The van der Waals surface area contributed by atoms with Gasteiger partial charge in [-0.25, -0.2) is 5.43 Å². The highest BCUT2D eigenvalue weighted by Gasteiger charge is 2.13. The van der Waals surface area contributed by atoms with E-state index in [9.17, 15) is 4.79 Å². The van der Waals surface area contributed by atoms with Gasteiger partial charge < -0.3 is 0 Å². The summed E-state index contributed by atoms with van der Waals surface area (Å²) in [7, 11) is 0. The minimum absolute atomic E-state index is 0.0963. The van der Waals surface area contributed by atoms with E-state index in [0.717, 1.165) is 0 Å². The molecule has 1 amide bonds. The summed E-state index contributed by atoms with van der Waals surface area (Å²) in [5, 5.41) is 3.80. The van der Waals surface area contributed by atoms with Crippen LogP contribution in [0, 0.1) is 0 Å². The van der Waals surface area contributed by atoms with Crippen LogP contribution in [0.15, 0.2) is 41.5 Å². The lowest BCUT2D eigenvalue weighted by atomic mass is 9.87. The summed E-state index contributed by atoms with van der Waals surface area (Å²) < 4.78 is 0. The Kier molecular flexibility index (Phi) is 4.84. The van der Waals surface area contributed by atoms with E-state index in [0.29, 0.717) is 5.56 Å². The predicted octanol–water partition coefficient (Wildman–Crippen LogP) is 3.28. The average Bonchev–Trinajstić information content (AvgIpc) is 2.33.